The molecule has 5 nitrogen and oxygen atoms in total. The summed E-state index contributed by atoms with van der Waals surface area (Å²) in [5, 5.41) is 9.08. The zero-order valence-corrected chi connectivity index (χ0v) is 18.2. The molecule has 0 radical (unpaired) electrons. The van der Waals surface area contributed by atoms with Crippen LogP contribution in [0.3, 0.4) is 0 Å². The fourth-order valence-electron chi connectivity index (χ4n) is 4.10. The molecule has 1 fully saturated rings. The summed E-state index contributed by atoms with van der Waals surface area (Å²) in [6.45, 7) is 4.76. The molecule has 1 saturated heterocycles. The number of piperazine rings is 1. The second kappa shape index (κ2) is 9.23. The molecule has 5 heteroatoms. The lowest BCUT2D eigenvalue weighted by atomic mass is 9.99. The average molecular weight is 416 g/mol. The third-order valence-electron chi connectivity index (χ3n) is 5.96. The maximum absolute atomic E-state index is 11.1. The molecule has 1 heterocycles. The van der Waals surface area contributed by atoms with Gasteiger partial charge in [0, 0.05) is 58.2 Å². The number of carboxylic acids is 1. The van der Waals surface area contributed by atoms with Gasteiger partial charge >= 0.3 is 5.97 Å². The molecule has 0 aliphatic carbocycles. The van der Waals surface area contributed by atoms with E-state index < -0.39 is 5.97 Å². The molecule has 1 aliphatic heterocycles. The Labute approximate surface area is 184 Å². The predicted octanol–water partition coefficient (Wildman–Crippen LogP) is 4.44. The van der Waals surface area contributed by atoms with E-state index in [2.05, 4.69) is 77.3 Å². The van der Waals surface area contributed by atoms with Crippen LogP contribution >= 0.6 is 0 Å². The maximum atomic E-state index is 11.1. The van der Waals surface area contributed by atoms with Crippen molar-refractivity contribution in [2.45, 2.75) is 6.54 Å². The van der Waals surface area contributed by atoms with E-state index in [1.807, 2.05) is 12.1 Å². The summed E-state index contributed by atoms with van der Waals surface area (Å²) in [4.78, 5) is 18.0. The molecule has 4 rings (SSSR count). The van der Waals surface area contributed by atoms with Crippen LogP contribution in [0.15, 0.2) is 72.8 Å². The molecule has 0 amide bonds. The minimum absolute atomic E-state index is 0.331. The summed E-state index contributed by atoms with van der Waals surface area (Å²) < 4.78 is 0. The fourth-order valence-corrected chi connectivity index (χ4v) is 4.10. The monoisotopic (exact) mass is 415 g/mol. The summed E-state index contributed by atoms with van der Waals surface area (Å²) in [7, 11) is 4.12. The first-order valence-corrected chi connectivity index (χ1v) is 10.7. The Balaban J connectivity index is 1.41. The molecule has 0 unspecified atom stereocenters. The summed E-state index contributed by atoms with van der Waals surface area (Å²) in [6, 6.07) is 24.6. The number of hydrogen-bond acceptors (Lipinski definition) is 4. The Kier molecular flexibility index (Phi) is 6.23. The van der Waals surface area contributed by atoms with Crippen LogP contribution in [-0.2, 0) is 6.54 Å². The Morgan fingerprint density at radius 3 is 2.13 bits per heavy atom. The minimum atomic E-state index is -0.883. The van der Waals surface area contributed by atoms with Crippen LogP contribution in [0.4, 0.5) is 11.4 Å². The van der Waals surface area contributed by atoms with Gasteiger partial charge in [0.15, 0.2) is 0 Å². The van der Waals surface area contributed by atoms with Gasteiger partial charge in [0.2, 0.25) is 0 Å². The molecule has 0 saturated carbocycles. The van der Waals surface area contributed by atoms with E-state index in [0.29, 0.717) is 5.56 Å². The van der Waals surface area contributed by atoms with Crippen molar-refractivity contribution in [3.8, 4) is 11.1 Å². The quantitative estimate of drug-likeness (QED) is 0.645. The second-order valence-electron chi connectivity index (χ2n) is 8.21. The van der Waals surface area contributed by atoms with Crippen molar-refractivity contribution in [3.63, 3.8) is 0 Å². The summed E-state index contributed by atoms with van der Waals surface area (Å²) in [6.07, 6.45) is 0. The Hall–Kier alpha value is -3.31. The molecule has 3 aromatic carbocycles. The van der Waals surface area contributed by atoms with Gasteiger partial charge in [-0.2, -0.15) is 0 Å². The average Bonchev–Trinajstić information content (AvgIpc) is 2.80. The Morgan fingerprint density at radius 2 is 1.52 bits per heavy atom. The van der Waals surface area contributed by atoms with Crippen molar-refractivity contribution in [2.75, 3.05) is 50.1 Å². The van der Waals surface area contributed by atoms with Crippen LogP contribution in [0.1, 0.15) is 15.9 Å². The molecular formula is C26H29N3O2. The lowest BCUT2D eigenvalue weighted by Crippen LogP contribution is -2.46. The minimum Gasteiger partial charge on any atom is -0.478 e. The van der Waals surface area contributed by atoms with E-state index >= 15 is 0 Å². The lowest BCUT2D eigenvalue weighted by Gasteiger charge is -2.36. The second-order valence-corrected chi connectivity index (χ2v) is 8.21. The standard InChI is InChI=1S/C26H29N3O2/c1-27(2)23-11-7-20(8-12-23)25-6-4-3-5-22(25)19-28-15-17-29(18-16-28)24-13-9-21(10-14-24)26(30)31/h3-14H,15-19H2,1-2H3,(H,30,31). The van der Waals surface area contributed by atoms with Gasteiger partial charge in [-0.15, -0.1) is 0 Å². The highest BCUT2D eigenvalue weighted by atomic mass is 16.4. The van der Waals surface area contributed by atoms with Gasteiger partial charge in [-0.25, -0.2) is 4.79 Å². The van der Waals surface area contributed by atoms with E-state index in [-0.39, 0.29) is 0 Å². The third-order valence-corrected chi connectivity index (χ3v) is 5.96. The molecule has 0 spiro atoms. The number of nitrogens with zero attached hydrogens (tertiary/aromatic N) is 3. The van der Waals surface area contributed by atoms with E-state index in [1.165, 1.54) is 22.4 Å². The van der Waals surface area contributed by atoms with Crippen molar-refractivity contribution >= 4 is 17.3 Å². The topological polar surface area (TPSA) is 47.0 Å². The number of anilines is 2. The fraction of sp³-hybridized carbons (Fsp3) is 0.269. The van der Waals surface area contributed by atoms with Crippen LogP contribution in [-0.4, -0.2) is 56.3 Å². The highest BCUT2D eigenvalue weighted by Crippen LogP contribution is 2.27. The van der Waals surface area contributed by atoms with Crippen LogP contribution in [0.5, 0.6) is 0 Å². The smallest absolute Gasteiger partial charge is 0.335 e. The zero-order chi connectivity index (χ0) is 21.8. The van der Waals surface area contributed by atoms with Gasteiger partial charge in [0.05, 0.1) is 5.56 Å². The van der Waals surface area contributed by atoms with Crippen LogP contribution < -0.4 is 9.80 Å². The molecular weight excluding hydrogens is 386 g/mol. The Bertz CT molecular complexity index is 1020. The normalized spacial score (nSPS) is 14.5. The van der Waals surface area contributed by atoms with Gasteiger partial charge in [-0.3, -0.25) is 4.90 Å². The molecule has 0 aromatic heterocycles. The van der Waals surface area contributed by atoms with Crippen molar-refractivity contribution in [1.82, 2.24) is 4.90 Å². The van der Waals surface area contributed by atoms with Gasteiger partial charge in [0.1, 0.15) is 0 Å². The summed E-state index contributed by atoms with van der Waals surface area (Å²) in [5.41, 5.74) is 6.51. The summed E-state index contributed by atoms with van der Waals surface area (Å²) >= 11 is 0. The van der Waals surface area contributed by atoms with Gasteiger partial charge in [-0.05, 0) is 53.1 Å². The SMILES string of the molecule is CN(C)c1ccc(-c2ccccc2CN2CCN(c3ccc(C(=O)O)cc3)CC2)cc1. The number of hydrogen-bond donors (Lipinski definition) is 1. The van der Waals surface area contributed by atoms with Crippen LogP contribution in [0.25, 0.3) is 11.1 Å². The van der Waals surface area contributed by atoms with Gasteiger partial charge in [0.25, 0.3) is 0 Å². The molecule has 1 aliphatic rings. The number of rotatable bonds is 6. The number of carboxylic acid groups (broad SMARTS) is 1. The van der Waals surface area contributed by atoms with E-state index in [9.17, 15) is 4.79 Å². The van der Waals surface area contributed by atoms with Crippen LogP contribution in [0, 0.1) is 0 Å². The first-order chi connectivity index (χ1) is 15.0. The van der Waals surface area contributed by atoms with Crippen molar-refractivity contribution < 1.29 is 9.90 Å². The first-order valence-electron chi connectivity index (χ1n) is 10.7. The first kappa shape index (κ1) is 20.9. The predicted molar refractivity (Wildman–Crippen MR) is 127 cm³/mol. The molecule has 3 aromatic rings. The largest absolute Gasteiger partial charge is 0.478 e. The number of benzene rings is 3. The molecule has 31 heavy (non-hydrogen) atoms. The van der Waals surface area contributed by atoms with Crippen LogP contribution in [0.2, 0.25) is 0 Å². The maximum Gasteiger partial charge on any atom is 0.335 e. The van der Waals surface area contributed by atoms with Gasteiger partial charge < -0.3 is 14.9 Å². The highest BCUT2D eigenvalue weighted by Gasteiger charge is 2.19. The molecule has 0 bridgehead atoms. The number of aromatic carboxylic acids is 1. The van der Waals surface area contributed by atoms with Crippen molar-refractivity contribution in [1.29, 1.82) is 0 Å². The van der Waals surface area contributed by atoms with Gasteiger partial charge in [-0.1, -0.05) is 36.4 Å². The zero-order valence-electron chi connectivity index (χ0n) is 18.2. The molecule has 1 N–H and O–H groups in total. The lowest BCUT2D eigenvalue weighted by molar-refractivity contribution is 0.0697. The van der Waals surface area contributed by atoms with Crippen molar-refractivity contribution in [2.24, 2.45) is 0 Å². The third kappa shape index (κ3) is 4.89. The van der Waals surface area contributed by atoms with E-state index in [1.54, 1.807) is 12.1 Å². The molecule has 0 atom stereocenters. The van der Waals surface area contributed by atoms with E-state index in [0.717, 1.165) is 38.4 Å². The van der Waals surface area contributed by atoms with Crippen molar-refractivity contribution in [3.05, 3.63) is 83.9 Å². The number of carbonyl (C=O) groups is 1. The molecule has 160 valence electrons. The van der Waals surface area contributed by atoms with E-state index in [4.69, 9.17) is 5.11 Å². The Morgan fingerprint density at radius 1 is 0.871 bits per heavy atom. The highest BCUT2D eigenvalue weighted by molar-refractivity contribution is 5.88. The summed E-state index contributed by atoms with van der Waals surface area (Å²) in [5.74, 6) is -0.883.